The number of ether oxygens (including phenoxy) is 1. The molecule has 0 amide bonds. The molecule has 1 atom stereocenters. The van der Waals surface area contributed by atoms with Crippen molar-refractivity contribution in [3.05, 3.63) is 15.6 Å². The molecule has 0 saturated carbocycles. The molecule has 0 bridgehead atoms. The predicted octanol–water partition coefficient (Wildman–Crippen LogP) is 2.71. The van der Waals surface area contributed by atoms with Crippen molar-refractivity contribution in [1.29, 1.82) is 0 Å². The van der Waals surface area contributed by atoms with Gasteiger partial charge >= 0.3 is 0 Å². The highest BCUT2D eigenvalue weighted by Gasteiger charge is 2.21. The van der Waals surface area contributed by atoms with E-state index in [1.54, 1.807) is 18.4 Å². The lowest BCUT2D eigenvalue weighted by Gasteiger charge is -2.18. The van der Waals surface area contributed by atoms with Crippen LogP contribution in [0.2, 0.25) is 0 Å². The van der Waals surface area contributed by atoms with E-state index in [-0.39, 0.29) is 0 Å². The molecule has 5 heteroatoms. The van der Waals surface area contributed by atoms with Crippen molar-refractivity contribution in [3.8, 4) is 0 Å². The summed E-state index contributed by atoms with van der Waals surface area (Å²) in [6, 6.07) is 0. The molecule has 16 heavy (non-hydrogen) atoms. The second-order valence-electron chi connectivity index (χ2n) is 3.91. The molecule has 2 N–H and O–H groups in total. The van der Waals surface area contributed by atoms with E-state index in [9.17, 15) is 0 Å². The Hall–Kier alpha value is -0.100. The first kappa shape index (κ1) is 12.4. The molecular formula is C11H18N2OS2. The van der Waals surface area contributed by atoms with Gasteiger partial charge in [0.15, 0.2) is 0 Å². The first-order valence-electron chi connectivity index (χ1n) is 5.64. The van der Waals surface area contributed by atoms with Gasteiger partial charge < -0.3 is 10.5 Å². The van der Waals surface area contributed by atoms with Gasteiger partial charge in [-0.05, 0) is 18.6 Å². The van der Waals surface area contributed by atoms with Crippen LogP contribution in [-0.4, -0.2) is 17.8 Å². The van der Waals surface area contributed by atoms with Gasteiger partial charge in [0.05, 0.1) is 17.6 Å². The second-order valence-corrected chi connectivity index (χ2v) is 6.34. The fraction of sp³-hybridized carbons (Fsp3) is 0.727. The largest absolute Gasteiger partial charge is 0.378 e. The van der Waals surface area contributed by atoms with Crippen LogP contribution in [0.15, 0.2) is 0 Å². The number of aromatic nitrogens is 1. The van der Waals surface area contributed by atoms with E-state index >= 15 is 0 Å². The van der Waals surface area contributed by atoms with Crippen LogP contribution in [0.4, 0.5) is 0 Å². The summed E-state index contributed by atoms with van der Waals surface area (Å²) in [5.41, 5.74) is 6.77. The first-order chi connectivity index (χ1) is 7.85. The molecule has 1 saturated heterocycles. The third-order valence-electron chi connectivity index (χ3n) is 2.72. The van der Waals surface area contributed by atoms with E-state index in [4.69, 9.17) is 10.5 Å². The molecule has 0 spiro atoms. The quantitative estimate of drug-likeness (QED) is 0.902. The van der Waals surface area contributed by atoms with Crippen LogP contribution in [-0.2, 0) is 17.9 Å². The zero-order valence-corrected chi connectivity index (χ0v) is 11.2. The monoisotopic (exact) mass is 258 g/mol. The standard InChI is InChI=1S/C11H18N2OS2/c1-14-7-8-10(6-12)16-11(13-8)9-4-2-3-5-15-9/h9H,2-7,12H2,1H3. The van der Waals surface area contributed by atoms with E-state index in [2.05, 4.69) is 4.98 Å². The fourth-order valence-electron chi connectivity index (χ4n) is 1.89. The Bertz CT molecular complexity index is 335. The highest BCUT2D eigenvalue weighted by molar-refractivity contribution is 7.99. The Balaban J connectivity index is 2.14. The van der Waals surface area contributed by atoms with Gasteiger partial charge in [-0.3, -0.25) is 0 Å². The number of thioether (sulfide) groups is 1. The average molecular weight is 258 g/mol. The topological polar surface area (TPSA) is 48.1 Å². The number of hydrogen-bond acceptors (Lipinski definition) is 5. The lowest BCUT2D eigenvalue weighted by molar-refractivity contribution is 0.181. The van der Waals surface area contributed by atoms with Gasteiger partial charge in [0.25, 0.3) is 0 Å². The SMILES string of the molecule is COCc1nc(C2CCCCS2)sc1CN. The van der Waals surface area contributed by atoms with Gasteiger partial charge in [-0.15, -0.1) is 11.3 Å². The maximum Gasteiger partial charge on any atom is 0.106 e. The smallest absolute Gasteiger partial charge is 0.106 e. The summed E-state index contributed by atoms with van der Waals surface area (Å²) >= 11 is 3.80. The minimum atomic E-state index is 0.577. The normalized spacial score (nSPS) is 21.2. The maximum absolute atomic E-state index is 5.73. The highest BCUT2D eigenvalue weighted by Crippen LogP contribution is 2.40. The maximum atomic E-state index is 5.73. The Morgan fingerprint density at radius 3 is 3.00 bits per heavy atom. The van der Waals surface area contributed by atoms with Crippen LogP contribution >= 0.6 is 23.1 Å². The average Bonchev–Trinajstić information content (AvgIpc) is 2.74. The molecule has 1 aromatic rings. The van der Waals surface area contributed by atoms with Gasteiger partial charge in [0.2, 0.25) is 0 Å². The van der Waals surface area contributed by atoms with Crippen molar-refractivity contribution in [3.63, 3.8) is 0 Å². The number of rotatable bonds is 4. The van der Waals surface area contributed by atoms with Gasteiger partial charge in [-0.25, -0.2) is 4.98 Å². The summed E-state index contributed by atoms with van der Waals surface area (Å²) in [5.74, 6) is 1.27. The van der Waals surface area contributed by atoms with E-state index in [1.165, 1.54) is 34.9 Å². The molecule has 2 heterocycles. The Labute approximate surface area is 105 Å². The van der Waals surface area contributed by atoms with E-state index in [0.717, 1.165) is 5.69 Å². The molecule has 1 aliphatic heterocycles. The molecule has 0 aliphatic carbocycles. The molecule has 1 aromatic heterocycles. The van der Waals surface area contributed by atoms with Crippen molar-refractivity contribution in [1.82, 2.24) is 4.98 Å². The molecule has 1 aliphatic rings. The van der Waals surface area contributed by atoms with Gasteiger partial charge in [0, 0.05) is 18.5 Å². The van der Waals surface area contributed by atoms with Crippen LogP contribution in [0, 0.1) is 0 Å². The zero-order valence-electron chi connectivity index (χ0n) is 9.57. The molecule has 1 unspecified atom stereocenters. The number of hydrogen-bond donors (Lipinski definition) is 1. The van der Waals surface area contributed by atoms with Crippen LogP contribution < -0.4 is 5.73 Å². The van der Waals surface area contributed by atoms with Gasteiger partial charge in [0.1, 0.15) is 5.01 Å². The minimum Gasteiger partial charge on any atom is -0.378 e. The molecule has 1 fully saturated rings. The summed E-state index contributed by atoms with van der Waals surface area (Å²) in [5, 5.41) is 1.84. The summed E-state index contributed by atoms with van der Waals surface area (Å²) in [6.07, 6.45) is 3.94. The first-order valence-corrected chi connectivity index (χ1v) is 7.50. The van der Waals surface area contributed by atoms with Crippen molar-refractivity contribution in [2.45, 2.75) is 37.7 Å². The highest BCUT2D eigenvalue weighted by atomic mass is 32.2. The summed E-state index contributed by atoms with van der Waals surface area (Å²) < 4.78 is 5.15. The lowest BCUT2D eigenvalue weighted by Crippen LogP contribution is -2.02. The predicted molar refractivity (Wildman–Crippen MR) is 69.8 cm³/mol. The van der Waals surface area contributed by atoms with E-state index in [0.29, 0.717) is 18.4 Å². The fourth-order valence-corrected chi connectivity index (χ4v) is 4.38. The van der Waals surface area contributed by atoms with Crippen LogP contribution in [0.3, 0.4) is 0 Å². The number of thiazole rings is 1. The second kappa shape index (κ2) is 6.00. The number of methoxy groups -OCH3 is 1. The molecule has 0 radical (unpaired) electrons. The van der Waals surface area contributed by atoms with Crippen molar-refractivity contribution >= 4 is 23.1 Å². The molecular weight excluding hydrogens is 240 g/mol. The molecule has 0 aromatic carbocycles. The molecule has 90 valence electrons. The third kappa shape index (κ3) is 2.77. The van der Waals surface area contributed by atoms with Crippen molar-refractivity contribution in [2.24, 2.45) is 5.73 Å². The van der Waals surface area contributed by atoms with E-state index in [1.807, 2.05) is 11.8 Å². The van der Waals surface area contributed by atoms with Crippen LogP contribution in [0.5, 0.6) is 0 Å². The Kier molecular flexibility index (Phi) is 4.64. The summed E-state index contributed by atoms with van der Waals surface area (Å²) in [4.78, 5) is 5.87. The molecule has 3 nitrogen and oxygen atoms in total. The van der Waals surface area contributed by atoms with E-state index < -0.39 is 0 Å². The van der Waals surface area contributed by atoms with Gasteiger partial charge in [-0.2, -0.15) is 11.8 Å². The van der Waals surface area contributed by atoms with Gasteiger partial charge in [-0.1, -0.05) is 6.42 Å². The summed E-state index contributed by atoms with van der Waals surface area (Å²) in [6.45, 7) is 1.16. The van der Waals surface area contributed by atoms with Crippen LogP contribution in [0.25, 0.3) is 0 Å². The third-order valence-corrected chi connectivity index (χ3v) is 5.48. The number of nitrogens with two attached hydrogens (primary N) is 1. The van der Waals surface area contributed by atoms with Crippen LogP contribution in [0.1, 0.15) is 40.1 Å². The minimum absolute atomic E-state index is 0.577. The molecule has 2 rings (SSSR count). The van der Waals surface area contributed by atoms with Crippen molar-refractivity contribution < 1.29 is 4.74 Å². The Morgan fingerprint density at radius 2 is 2.38 bits per heavy atom. The van der Waals surface area contributed by atoms with Crippen molar-refractivity contribution in [2.75, 3.05) is 12.9 Å². The summed E-state index contributed by atoms with van der Waals surface area (Å²) in [7, 11) is 1.70. The Morgan fingerprint density at radius 1 is 1.50 bits per heavy atom. The number of nitrogens with zero attached hydrogens (tertiary/aromatic N) is 1. The lowest BCUT2D eigenvalue weighted by atomic mass is 10.2. The zero-order chi connectivity index (χ0) is 11.4.